The molecule has 4 nitrogen and oxygen atoms in total. The lowest BCUT2D eigenvalue weighted by atomic mass is 10.1. The minimum Gasteiger partial charge on any atom is -0.497 e. The molecule has 20 heavy (non-hydrogen) atoms. The molecule has 0 aliphatic heterocycles. The van der Waals surface area contributed by atoms with Gasteiger partial charge < -0.3 is 14.2 Å². The van der Waals surface area contributed by atoms with Crippen molar-refractivity contribution in [2.75, 3.05) is 20.8 Å². The SMILES string of the molecule is CCCCCCCOC(=O)c1cc(OC)cc(OC)c1. The summed E-state index contributed by atoms with van der Waals surface area (Å²) in [6.07, 6.45) is 5.65. The number of benzene rings is 1. The Balaban J connectivity index is 2.46. The Morgan fingerprint density at radius 3 is 2.10 bits per heavy atom. The van der Waals surface area contributed by atoms with Gasteiger partial charge in [-0.15, -0.1) is 0 Å². The number of ether oxygens (including phenoxy) is 3. The minimum absolute atomic E-state index is 0.335. The Kier molecular flexibility index (Phi) is 7.55. The molecule has 0 saturated heterocycles. The van der Waals surface area contributed by atoms with Gasteiger partial charge in [0.2, 0.25) is 0 Å². The topological polar surface area (TPSA) is 44.8 Å². The van der Waals surface area contributed by atoms with Crippen molar-refractivity contribution < 1.29 is 19.0 Å². The zero-order chi connectivity index (χ0) is 14.8. The van der Waals surface area contributed by atoms with Crippen LogP contribution in [0, 0.1) is 0 Å². The normalized spacial score (nSPS) is 10.2. The van der Waals surface area contributed by atoms with E-state index in [1.807, 2.05) is 0 Å². The molecule has 0 fully saturated rings. The molecule has 0 spiro atoms. The van der Waals surface area contributed by atoms with Gasteiger partial charge in [-0.3, -0.25) is 0 Å². The van der Waals surface area contributed by atoms with Crippen LogP contribution in [0.1, 0.15) is 49.4 Å². The molecule has 1 aromatic carbocycles. The van der Waals surface area contributed by atoms with E-state index in [0.717, 1.165) is 12.8 Å². The summed E-state index contributed by atoms with van der Waals surface area (Å²) in [6, 6.07) is 5.03. The van der Waals surface area contributed by atoms with Gasteiger partial charge in [0.05, 0.1) is 26.4 Å². The Hall–Kier alpha value is -1.71. The summed E-state index contributed by atoms with van der Waals surface area (Å²) in [5.74, 6) is 0.830. The maximum Gasteiger partial charge on any atom is 0.338 e. The third-order valence-corrected chi connectivity index (χ3v) is 3.07. The quantitative estimate of drug-likeness (QED) is 0.509. The van der Waals surface area contributed by atoms with Crippen molar-refractivity contribution in [2.45, 2.75) is 39.0 Å². The Bertz CT molecular complexity index is 393. The van der Waals surface area contributed by atoms with Crippen LogP contribution in [-0.2, 0) is 4.74 Å². The van der Waals surface area contributed by atoms with Crippen molar-refractivity contribution in [1.29, 1.82) is 0 Å². The van der Waals surface area contributed by atoms with Crippen LogP contribution in [-0.4, -0.2) is 26.8 Å². The highest BCUT2D eigenvalue weighted by Gasteiger charge is 2.10. The van der Waals surface area contributed by atoms with Gasteiger partial charge in [0, 0.05) is 6.07 Å². The smallest absolute Gasteiger partial charge is 0.338 e. The van der Waals surface area contributed by atoms with Gasteiger partial charge in [-0.05, 0) is 18.6 Å². The van der Waals surface area contributed by atoms with Crippen LogP contribution in [0.25, 0.3) is 0 Å². The van der Waals surface area contributed by atoms with Crippen molar-refractivity contribution in [3.05, 3.63) is 23.8 Å². The van der Waals surface area contributed by atoms with Gasteiger partial charge in [-0.25, -0.2) is 4.79 Å². The molecule has 0 aliphatic carbocycles. The first-order valence-electron chi connectivity index (χ1n) is 7.11. The molecule has 0 bridgehead atoms. The summed E-state index contributed by atoms with van der Waals surface area (Å²) in [5.41, 5.74) is 0.453. The fourth-order valence-corrected chi connectivity index (χ4v) is 1.88. The lowest BCUT2D eigenvalue weighted by Gasteiger charge is -2.08. The lowest BCUT2D eigenvalue weighted by Crippen LogP contribution is -2.07. The zero-order valence-electron chi connectivity index (χ0n) is 12.6. The van der Waals surface area contributed by atoms with E-state index in [1.165, 1.54) is 19.3 Å². The molecular formula is C16H24O4. The van der Waals surface area contributed by atoms with Crippen LogP contribution in [0.15, 0.2) is 18.2 Å². The molecule has 1 rings (SSSR count). The molecule has 0 unspecified atom stereocenters. The predicted molar refractivity (Wildman–Crippen MR) is 78.6 cm³/mol. The van der Waals surface area contributed by atoms with Gasteiger partial charge in [-0.2, -0.15) is 0 Å². The Labute approximate surface area is 121 Å². The number of methoxy groups -OCH3 is 2. The van der Waals surface area contributed by atoms with Crippen molar-refractivity contribution in [1.82, 2.24) is 0 Å². The van der Waals surface area contributed by atoms with Gasteiger partial charge in [0.1, 0.15) is 11.5 Å². The third-order valence-electron chi connectivity index (χ3n) is 3.07. The van der Waals surface area contributed by atoms with Crippen LogP contribution in [0.3, 0.4) is 0 Å². The molecule has 1 aromatic rings. The molecule has 112 valence electrons. The zero-order valence-corrected chi connectivity index (χ0v) is 12.6. The number of carbonyl (C=O) groups is 1. The fourth-order valence-electron chi connectivity index (χ4n) is 1.88. The monoisotopic (exact) mass is 280 g/mol. The van der Waals surface area contributed by atoms with Crippen LogP contribution < -0.4 is 9.47 Å². The summed E-state index contributed by atoms with van der Waals surface area (Å²) in [4.78, 5) is 11.9. The first-order chi connectivity index (χ1) is 9.71. The average molecular weight is 280 g/mol. The number of unbranched alkanes of at least 4 members (excludes halogenated alkanes) is 4. The average Bonchev–Trinajstić information content (AvgIpc) is 2.49. The van der Waals surface area contributed by atoms with E-state index >= 15 is 0 Å². The standard InChI is InChI=1S/C16H24O4/c1-4-5-6-7-8-9-20-16(17)13-10-14(18-2)12-15(11-13)19-3/h10-12H,4-9H2,1-3H3. The first kappa shape index (κ1) is 16.3. The molecule has 0 amide bonds. The van der Waals surface area contributed by atoms with Crippen LogP contribution >= 0.6 is 0 Å². The number of carbonyl (C=O) groups excluding carboxylic acids is 1. The van der Waals surface area contributed by atoms with E-state index in [1.54, 1.807) is 32.4 Å². The number of hydrogen-bond donors (Lipinski definition) is 0. The molecule has 0 saturated carbocycles. The second-order valence-corrected chi connectivity index (χ2v) is 4.65. The van der Waals surface area contributed by atoms with Gasteiger partial charge in [0.25, 0.3) is 0 Å². The van der Waals surface area contributed by atoms with Gasteiger partial charge in [-0.1, -0.05) is 32.6 Å². The molecule has 0 aromatic heterocycles. The van der Waals surface area contributed by atoms with Crippen LogP contribution in [0.5, 0.6) is 11.5 Å². The molecule has 0 radical (unpaired) electrons. The molecular weight excluding hydrogens is 256 g/mol. The minimum atomic E-state index is -0.335. The largest absolute Gasteiger partial charge is 0.497 e. The van der Waals surface area contributed by atoms with Crippen molar-refractivity contribution in [3.8, 4) is 11.5 Å². The van der Waals surface area contributed by atoms with Crippen molar-refractivity contribution in [2.24, 2.45) is 0 Å². The summed E-state index contributed by atoms with van der Waals surface area (Å²) in [7, 11) is 3.11. The first-order valence-corrected chi connectivity index (χ1v) is 7.11. The van der Waals surface area contributed by atoms with E-state index in [2.05, 4.69) is 6.92 Å². The highest BCUT2D eigenvalue weighted by molar-refractivity contribution is 5.90. The predicted octanol–water partition coefficient (Wildman–Crippen LogP) is 3.83. The van der Waals surface area contributed by atoms with Crippen molar-refractivity contribution >= 4 is 5.97 Å². The molecule has 0 heterocycles. The maximum absolute atomic E-state index is 11.9. The van der Waals surface area contributed by atoms with Crippen molar-refractivity contribution in [3.63, 3.8) is 0 Å². The summed E-state index contributed by atoms with van der Waals surface area (Å²) >= 11 is 0. The highest BCUT2D eigenvalue weighted by Crippen LogP contribution is 2.23. The molecule has 4 heteroatoms. The number of rotatable bonds is 9. The molecule has 0 N–H and O–H groups in total. The lowest BCUT2D eigenvalue weighted by molar-refractivity contribution is 0.0497. The summed E-state index contributed by atoms with van der Waals surface area (Å²) < 4.78 is 15.5. The van der Waals surface area contributed by atoms with E-state index in [0.29, 0.717) is 23.7 Å². The van der Waals surface area contributed by atoms with E-state index in [4.69, 9.17) is 14.2 Å². The van der Waals surface area contributed by atoms with Gasteiger partial charge >= 0.3 is 5.97 Å². The second-order valence-electron chi connectivity index (χ2n) is 4.65. The molecule has 0 atom stereocenters. The van der Waals surface area contributed by atoms with Gasteiger partial charge in [0.15, 0.2) is 0 Å². The van der Waals surface area contributed by atoms with E-state index in [9.17, 15) is 4.79 Å². The van der Waals surface area contributed by atoms with Crippen LogP contribution in [0.2, 0.25) is 0 Å². The third kappa shape index (κ3) is 5.51. The number of hydrogen-bond acceptors (Lipinski definition) is 4. The Morgan fingerprint density at radius 2 is 1.55 bits per heavy atom. The summed E-state index contributed by atoms with van der Waals surface area (Å²) in [6.45, 7) is 2.64. The Morgan fingerprint density at radius 1 is 0.950 bits per heavy atom. The maximum atomic E-state index is 11.9. The highest BCUT2D eigenvalue weighted by atomic mass is 16.5. The summed E-state index contributed by atoms with van der Waals surface area (Å²) in [5, 5.41) is 0. The van der Waals surface area contributed by atoms with E-state index < -0.39 is 0 Å². The van der Waals surface area contributed by atoms with Crippen LogP contribution in [0.4, 0.5) is 0 Å². The fraction of sp³-hybridized carbons (Fsp3) is 0.562. The molecule has 0 aliphatic rings. The second kappa shape index (κ2) is 9.23. The number of esters is 1. The van der Waals surface area contributed by atoms with E-state index in [-0.39, 0.29) is 5.97 Å².